The largest absolute Gasteiger partial charge is 0.492 e. The number of ether oxygens (including phenoxy) is 1. The lowest BCUT2D eigenvalue weighted by Crippen LogP contribution is -2.36. The van der Waals surface area contributed by atoms with Gasteiger partial charge in [0, 0.05) is 5.56 Å². The molecular weight excluding hydrogens is 254 g/mol. The van der Waals surface area contributed by atoms with E-state index < -0.39 is 5.54 Å². The Morgan fingerprint density at radius 2 is 2.05 bits per heavy atom. The molecule has 106 valence electrons. The number of hydrogen-bond acceptors (Lipinski definition) is 5. The summed E-state index contributed by atoms with van der Waals surface area (Å²) in [5, 5.41) is 4.08. The van der Waals surface area contributed by atoms with E-state index in [9.17, 15) is 0 Å². The lowest BCUT2D eigenvalue weighted by Gasteiger charge is -2.21. The molecule has 5 heteroatoms. The minimum Gasteiger partial charge on any atom is -0.492 e. The van der Waals surface area contributed by atoms with Gasteiger partial charge >= 0.3 is 0 Å². The van der Waals surface area contributed by atoms with Crippen LogP contribution in [0.15, 0.2) is 28.8 Å². The van der Waals surface area contributed by atoms with Crippen molar-refractivity contribution in [3.8, 4) is 5.75 Å². The van der Waals surface area contributed by atoms with Gasteiger partial charge in [-0.15, -0.1) is 0 Å². The lowest BCUT2D eigenvalue weighted by atomic mass is 9.93. The maximum absolute atomic E-state index is 6.31. The summed E-state index contributed by atoms with van der Waals surface area (Å²) in [6, 6.07) is 7.94. The van der Waals surface area contributed by atoms with Crippen LogP contribution >= 0.6 is 0 Å². The van der Waals surface area contributed by atoms with E-state index in [1.807, 2.05) is 38.1 Å². The van der Waals surface area contributed by atoms with E-state index in [1.54, 1.807) is 0 Å². The Bertz CT molecular complexity index is 605. The number of nitrogens with two attached hydrogens (primary N) is 1. The molecule has 0 saturated carbocycles. The van der Waals surface area contributed by atoms with Crippen molar-refractivity contribution in [3.05, 3.63) is 41.5 Å². The third-order valence-corrected chi connectivity index (χ3v) is 4.15. The van der Waals surface area contributed by atoms with Gasteiger partial charge in [-0.05, 0) is 18.9 Å². The molecule has 0 bridgehead atoms. The minimum absolute atomic E-state index is 0.00501. The number of hydrogen-bond donors (Lipinski definition) is 1. The van der Waals surface area contributed by atoms with E-state index in [-0.39, 0.29) is 5.92 Å². The fourth-order valence-corrected chi connectivity index (χ4v) is 2.51. The fourth-order valence-electron chi connectivity index (χ4n) is 2.51. The molecule has 2 N–H and O–H groups in total. The van der Waals surface area contributed by atoms with Crippen LogP contribution in [0.5, 0.6) is 5.75 Å². The van der Waals surface area contributed by atoms with Crippen molar-refractivity contribution in [1.82, 2.24) is 10.1 Å². The molecule has 0 radical (unpaired) electrons. The molecule has 20 heavy (non-hydrogen) atoms. The quantitative estimate of drug-likeness (QED) is 0.926. The molecule has 1 atom stereocenters. The normalized spacial score (nSPS) is 17.9. The fraction of sp³-hybridized carbons (Fsp3) is 0.467. The molecule has 1 unspecified atom stereocenters. The summed E-state index contributed by atoms with van der Waals surface area (Å²) in [6.07, 6.45) is 1.56. The minimum atomic E-state index is -0.513. The van der Waals surface area contributed by atoms with Gasteiger partial charge in [0.2, 0.25) is 5.89 Å². The van der Waals surface area contributed by atoms with Crippen LogP contribution in [-0.2, 0) is 5.54 Å². The van der Waals surface area contributed by atoms with E-state index in [0.29, 0.717) is 18.3 Å². The Morgan fingerprint density at radius 3 is 2.80 bits per heavy atom. The zero-order valence-corrected chi connectivity index (χ0v) is 11.8. The van der Waals surface area contributed by atoms with E-state index in [4.69, 9.17) is 15.0 Å². The Hall–Kier alpha value is -1.88. The molecular formula is C15H19N3O2. The van der Waals surface area contributed by atoms with Crippen molar-refractivity contribution in [2.24, 2.45) is 5.73 Å². The molecule has 0 amide bonds. The highest BCUT2D eigenvalue weighted by Crippen LogP contribution is 2.37. The lowest BCUT2D eigenvalue weighted by molar-refractivity contribution is 0.299. The molecule has 1 aliphatic rings. The highest BCUT2D eigenvalue weighted by atomic mass is 16.5. The average molecular weight is 273 g/mol. The van der Waals surface area contributed by atoms with Crippen LogP contribution in [0.4, 0.5) is 0 Å². The standard InChI is InChI=1S/C15H19N3O2/c1-3-15(16,4-2)14-17-13(20-18-14)11-9-19-12-8-6-5-7-10(11)12/h5-8,11H,3-4,9,16H2,1-2H3. The first-order chi connectivity index (χ1) is 9.68. The second kappa shape index (κ2) is 4.90. The molecule has 1 aromatic heterocycles. The summed E-state index contributed by atoms with van der Waals surface area (Å²) in [5.74, 6) is 2.07. The van der Waals surface area contributed by atoms with Crippen LogP contribution < -0.4 is 10.5 Å². The van der Waals surface area contributed by atoms with E-state index >= 15 is 0 Å². The number of nitrogens with zero attached hydrogens (tertiary/aromatic N) is 2. The monoisotopic (exact) mass is 273 g/mol. The van der Waals surface area contributed by atoms with Crippen molar-refractivity contribution in [2.75, 3.05) is 6.61 Å². The number of rotatable bonds is 4. The van der Waals surface area contributed by atoms with E-state index in [1.165, 1.54) is 0 Å². The molecule has 1 aliphatic heterocycles. The van der Waals surface area contributed by atoms with Gasteiger partial charge < -0.3 is 15.0 Å². The molecule has 0 saturated heterocycles. The average Bonchev–Trinajstić information content (AvgIpc) is 3.12. The highest BCUT2D eigenvalue weighted by molar-refractivity contribution is 5.42. The maximum Gasteiger partial charge on any atom is 0.237 e. The van der Waals surface area contributed by atoms with Crippen molar-refractivity contribution >= 4 is 0 Å². The van der Waals surface area contributed by atoms with Gasteiger partial charge in [0.25, 0.3) is 0 Å². The van der Waals surface area contributed by atoms with E-state index in [2.05, 4.69) is 10.1 Å². The summed E-state index contributed by atoms with van der Waals surface area (Å²) in [6.45, 7) is 4.61. The van der Waals surface area contributed by atoms with Gasteiger partial charge in [0.1, 0.15) is 18.3 Å². The van der Waals surface area contributed by atoms with Gasteiger partial charge in [-0.1, -0.05) is 37.2 Å². The first-order valence-corrected chi connectivity index (χ1v) is 7.02. The molecule has 2 heterocycles. The van der Waals surface area contributed by atoms with Crippen molar-refractivity contribution < 1.29 is 9.26 Å². The van der Waals surface area contributed by atoms with Gasteiger partial charge in [-0.3, -0.25) is 0 Å². The van der Waals surface area contributed by atoms with Crippen LogP contribution in [0.1, 0.15) is 49.9 Å². The van der Waals surface area contributed by atoms with Crippen molar-refractivity contribution in [3.63, 3.8) is 0 Å². The van der Waals surface area contributed by atoms with Crippen molar-refractivity contribution in [1.29, 1.82) is 0 Å². The highest BCUT2D eigenvalue weighted by Gasteiger charge is 2.34. The number of fused-ring (bicyclic) bond motifs is 1. The predicted octanol–water partition coefficient (Wildman–Crippen LogP) is 2.57. The summed E-state index contributed by atoms with van der Waals surface area (Å²) < 4.78 is 11.1. The molecule has 0 fully saturated rings. The van der Waals surface area contributed by atoms with Crippen LogP contribution in [0.2, 0.25) is 0 Å². The molecule has 5 nitrogen and oxygen atoms in total. The summed E-state index contributed by atoms with van der Waals surface area (Å²) in [4.78, 5) is 4.52. The summed E-state index contributed by atoms with van der Waals surface area (Å²) in [7, 11) is 0. The van der Waals surface area contributed by atoms with Crippen molar-refractivity contribution in [2.45, 2.75) is 38.1 Å². The zero-order chi connectivity index (χ0) is 14.2. The van der Waals surface area contributed by atoms with Gasteiger partial charge in [0.15, 0.2) is 5.82 Å². The zero-order valence-electron chi connectivity index (χ0n) is 11.8. The first kappa shape index (κ1) is 13.1. The second-order valence-electron chi connectivity index (χ2n) is 5.22. The molecule has 0 spiro atoms. The van der Waals surface area contributed by atoms with Gasteiger partial charge in [-0.25, -0.2) is 0 Å². The second-order valence-corrected chi connectivity index (χ2v) is 5.22. The summed E-state index contributed by atoms with van der Waals surface area (Å²) in [5.41, 5.74) is 6.89. The summed E-state index contributed by atoms with van der Waals surface area (Å²) >= 11 is 0. The molecule has 1 aromatic carbocycles. The van der Waals surface area contributed by atoms with Gasteiger partial charge in [0.05, 0.1) is 5.54 Å². The Balaban J connectivity index is 1.92. The Labute approximate surface area is 118 Å². The maximum atomic E-state index is 6.31. The van der Waals surface area contributed by atoms with Crippen LogP contribution in [0, 0.1) is 0 Å². The molecule has 0 aliphatic carbocycles. The smallest absolute Gasteiger partial charge is 0.237 e. The van der Waals surface area contributed by atoms with E-state index in [0.717, 1.165) is 24.2 Å². The number of para-hydroxylation sites is 1. The molecule has 3 rings (SSSR count). The third kappa shape index (κ3) is 1.98. The topological polar surface area (TPSA) is 74.2 Å². The SMILES string of the molecule is CCC(N)(CC)c1noc(C2COc3ccccc32)n1. The number of aromatic nitrogens is 2. The first-order valence-electron chi connectivity index (χ1n) is 7.02. The molecule has 2 aromatic rings. The Morgan fingerprint density at radius 1 is 1.30 bits per heavy atom. The van der Waals surface area contributed by atoms with Gasteiger partial charge in [-0.2, -0.15) is 4.98 Å². The third-order valence-electron chi connectivity index (χ3n) is 4.15. The van der Waals surface area contributed by atoms with Crippen LogP contribution in [0.25, 0.3) is 0 Å². The predicted molar refractivity (Wildman–Crippen MR) is 74.5 cm³/mol. The Kier molecular flexibility index (Phi) is 3.22. The van der Waals surface area contributed by atoms with Crippen LogP contribution in [-0.4, -0.2) is 16.7 Å². The number of benzene rings is 1. The van der Waals surface area contributed by atoms with Crippen LogP contribution in [0.3, 0.4) is 0 Å².